The number of ether oxygens (including phenoxy) is 14. The van der Waals surface area contributed by atoms with Crippen molar-refractivity contribution in [2.24, 2.45) is 0 Å². The highest BCUT2D eigenvalue weighted by Gasteiger charge is 2.50. The molecule has 14 heteroatoms. The number of benzene rings is 11. The van der Waals surface area contributed by atoms with Gasteiger partial charge in [0.25, 0.3) is 0 Å². The van der Waals surface area contributed by atoms with Gasteiger partial charge in [0.2, 0.25) is 0 Å². The summed E-state index contributed by atoms with van der Waals surface area (Å²) < 4.78 is 86.9. The smallest absolute Gasteiger partial charge is 0.147 e. The van der Waals surface area contributed by atoms with Gasteiger partial charge in [0, 0.05) is 49.8 Å². The van der Waals surface area contributed by atoms with Crippen LogP contribution >= 0.6 is 0 Å². The van der Waals surface area contributed by atoms with Crippen molar-refractivity contribution in [2.45, 2.75) is 148 Å². The predicted octanol–water partition coefficient (Wildman–Crippen LogP) is 23.0. The van der Waals surface area contributed by atoms with Crippen LogP contribution in [0, 0.1) is 0 Å². The van der Waals surface area contributed by atoms with Crippen LogP contribution in [0.5, 0.6) is 0 Å². The van der Waals surface area contributed by atoms with Crippen LogP contribution in [0.15, 0.2) is 255 Å². The molecule has 602 valence electrons. The lowest BCUT2D eigenvalue weighted by molar-refractivity contribution is -0.203. The molecule has 0 amide bonds. The summed E-state index contributed by atoms with van der Waals surface area (Å²) in [6.45, 7) is 1.26. The molecule has 0 heterocycles. The minimum absolute atomic E-state index is 0.164. The van der Waals surface area contributed by atoms with Crippen LogP contribution in [-0.2, 0) is 106 Å². The molecule has 4 fully saturated rings. The van der Waals surface area contributed by atoms with Gasteiger partial charge in [0.15, 0.2) is 0 Å². The molecule has 0 radical (unpaired) electrons. The average Bonchev–Trinajstić information content (AvgIpc) is 0.764. The summed E-state index contributed by atoms with van der Waals surface area (Å²) in [5.74, 6) is 0.411. The van der Waals surface area contributed by atoms with E-state index in [4.69, 9.17) is 66.3 Å². The van der Waals surface area contributed by atoms with Crippen molar-refractivity contribution in [1.82, 2.24) is 0 Å². The molecule has 0 aliphatic heterocycles. The highest BCUT2D eigenvalue weighted by Crippen LogP contribution is 2.55. The zero-order valence-electron chi connectivity index (χ0n) is 68.3. The lowest BCUT2D eigenvalue weighted by Crippen LogP contribution is -2.43. The van der Waals surface area contributed by atoms with Gasteiger partial charge in [0.05, 0.1) is 39.2 Å². The van der Waals surface area contributed by atoms with Crippen molar-refractivity contribution in [3.05, 3.63) is 299 Å². The van der Waals surface area contributed by atoms with E-state index in [0.29, 0.717) is 57.3 Å². The second kappa shape index (κ2) is 35.7. The Labute approximate surface area is 684 Å². The molecule has 0 saturated heterocycles. The molecular formula is C102H110O14. The third-order valence-electron chi connectivity index (χ3n) is 26.5. The molecular weight excluding hydrogens is 1450 g/mol. The molecule has 27 aliphatic carbocycles. The van der Waals surface area contributed by atoms with Gasteiger partial charge >= 0.3 is 0 Å². The summed E-state index contributed by atoms with van der Waals surface area (Å²) >= 11 is 0. The summed E-state index contributed by atoms with van der Waals surface area (Å²) in [4.78, 5) is 0. The van der Waals surface area contributed by atoms with Gasteiger partial charge in [-0.05, 0) is 243 Å². The van der Waals surface area contributed by atoms with Gasteiger partial charge in [-0.25, -0.2) is 0 Å². The molecule has 11 aromatic carbocycles. The largest absolute Gasteiger partial charge is 0.359 e. The Morgan fingerprint density at radius 1 is 0.190 bits per heavy atom. The molecule has 4 saturated carbocycles. The molecule has 0 atom stereocenters. The summed E-state index contributed by atoms with van der Waals surface area (Å²) in [6, 6.07) is 94.2. The molecule has 0 aromatic heterocycles. The Morgan fingerprint density at radius 3 is 0.534 bits per heavy atom. The van der Waals surface area contributed by atoms with E-state index in [1.165, 1.54) is 27.5 Å². The SMILES string of the molecule is COCOC12CCC(CC1)c1ccc(cc1)-c1ccc(cc1)C1(OCOC)CCC(OCOC)(CC1)c1ccc(cc1)-c1ccc3cc(ccc3c1)-c1ccc(cc1)C1(OCOC)CCC(OCOC)(CC1)c1ccc(cc1)-c1ccc(cc1)C1(OCOC)CCC(OCOC)(CC1)c1ccc(cc1)-c1ccc(cc1)-c1ccc2cc1. The van der Waals surface area contributed by atoms with Gasteiger partial charge in [-0.3, -0.25) is 0 Å². The van der Waals surface area contributed by atoms with Crippen LogP contribution in [0.3, 0.4) is 0 Å². The fraction of sp³-hybridized carbons (Fsp3) is 0.373. The van der Waals surface area contributed by atoms with E-state index in [1.807, 2.05) is 0 Å². The predicted molar refractivity (Wildman–Crippen MR) is 455 cm³/mol. The maximum atomic E-state index is 6.80. The first-order chi connectivity index (χ1) is 56.8. The normalized spacial score (nSPS) is 24.5. The van der Waals surface area contributed by atoms with Gasteiger partial charge in [0.1, 0.15) is 47.6 Å². The zero-order chi connectivity index (χ0) is 79.6. The van der Waals surface area contributed by atoms with E-state index in [-0.39, 0.29) is 47.6 Å². The van der Waals surface area contributed by atoms with Crippen molar-refractivity contribution in [1.29, 1.82) is 0 Å². The Hall–Kier alpha value is -8.88. The van der Waals surface area contributed by atoms with Gasteiger partial charge in [-0.1, -0.05) is 243 Å². The minimum atomic E-state index is -0.602. The molecule has 27 aliphatic rings. The van der Waals surface area contributed by atoms with E-state index in [1.54, 1.807) is 49.8 Å². The third kappa shape index (κ3) is 16.6. The lowest BCUT2D eigenvalue weighted by Gasteiger charge is -2.46. The molecule has 38 rings (SSSR count). The van der Waals surface area contributed by atoms with Crippen molar-refractivity contribution >= 4 is 10.8 Å². The fourth-order valence-electron chi connectivity index (χ4n) is 19.6. The third-order valence-corrected chi connectivity index (χ3v) is 26.5. The highest BCUT2D eigenvalue weighted by atomic mass is 16.7. The molecule has 14 nitrogen and oxygen atoms in total. The summed E-state index contributed by atoms with van der Waals surface area (Å²) in [5, 5.41) is 2.34. The Morgan fingerprint density at radius 2 is 0.345 bits per heavy atom. The van der Waals surface area contributed by atoms with Crippen LogP contribution in [-0.4, -0.2) is 97.3 Å². The van der Waals surface area contributed by atoms with Crippen LogP contribution < -0.4 is 0 Å². The molecule has 0 unspecified atom stereocenters. The van der Waals surface area contributed by atoms with Crippen molar-refractivity contribution in [2.75, 3.05) is 97.3 Å². The van der Waals surface area contributed by atoms with Crippen LogP contribution in [0.4, 0.5) is 0 Å². The average molecular weight is 1560 g/mol. The second-order valence-electron chi connectivity index (χ2n) is 32.6. The van der Waals surface area contributed by atoms with Crippen LogP contribution in [0.1, 0.15) is 153 Å². The first-order valence-corrected chi connectivity index (χ1v) is 41.3. The monoisotopic (exact) mass is 1560 g/mol. The van der Waals surface area contributed by atoms with Gasteiger partial charge in [-0.15, -0.1) is 0 Å². The maximum absolute atomic E-state index is 6.80. The topological polar surface area (TPSA) is 129 Å². The van der Waals surface area contributed by atoms with E-state index in [0.717, 1.165) is 146 Å². The minimum Gasteiger partial charge on any atom is -0.359 e. The summed E-state index contributed by atoms with van der Waals surface area (Å²) in [7, 11) is 11.8. The fourth-order valence-corrected chi connectivity index (χ4v) is 19.6. The maximum Gasteiger partial charge on any atom is 0.147 e. The molecule has 0 spiro atoms. The summed E-state index contributed by atoms with van der Waals surface area (Å²) in [5.41, 5.74) is 19.0. The van der Waals surface area contributed by atoms with Crippen molar-refractivity contribution in [3.63, 3.8) is 0 Å². The first kappa shape index (κ1) is 80.9. The highest BCUT2D eigenvalue weighted by molar-refractivity contribution is 5.91. The standard InChI is InChI=1S/C102H110O14/c1-103-66-110-96-50-48-84(49-51-96)76-14-12-75(13-15-76)79-24-38-91(39-25-79)98(112-68-105-3)56-60-101(61-57-98,115-71-108-6)94-44-30-82(31-45-94)85-16-18-88-65-86(17-19-87(88)64-85)83-32-46-95(47-33-83)102(116-72-109-7)62-58-100(59-63-102,114-70-107-5)93-42-28-81(29-43-93)80-26-40-92(41-27-80)99(113-69-106-4)54-52-97(53-55-99,111-67-104-2)90-36-22-78(23-37-90)74-10-8-73(9-11-74)77-20-34-89(96)35-21-77/h8-47,64-65,84H,48-63,66-72H2,1-7H3. The van der Waals surface area contributed by atoms with Gasteiger partial charge in [-0.2, -0.15) is 0 Å². The van der Waals surface area contributed by atoms with E-state index < -0.39 is 39.2 Å². The molecule has 116 heavy (non-hydrogen) atoms. The van der Waals surface area contributed by atoms with Crippen molar-refractivity contribution < 1.29 is 66.3 Å². The number of methoxy groups -OCH3 is 7. The van der Waals surface area contributed by atoms with Gasteiger partial charge < -0.3 is 66.3 Å². The lowest BCUT2D eigenvalue weighted by atomic mass is 9.70. The quantitative estimate of drug-likeness (QED) is 0.0633. The number of rotatable bonds is 21. The molecule has 30 bridgehead atoms. The van der Waals surface area contributed by atoms with Crippen molar-refractivity contribution in [3.8, 4) is 66.8 Å². The summed E-state index contributed by atoms with van der Waals surface area (Å²) in [6.07, 6.45) is 12.4. The number of hydrogen-bond donors (Lipinski definition) is 0. The van der Waals surface area contributed by atoms with E-state index in [9.17, 15) is 0 Å². The Balaban J connectivity index is 0.681. The van der Waals surface area contributed by atoms with Crippen LogP contribution in [0.2, 0.25) is 0 Å². The number of hydrogen-bond acceptors (Lipinski definition) is 14. The van der Waals surface area contributed by atoms with Crippen LogP contribution in [0.25, 0.3) is 77.5 Å². The Bertz CT molecular complexity index is 4990. The Kier molecular flexibility index (Phi) is 24.9. The molecule has 0 N–H and O–H groups in total. The zero-order valence-corrected chi connectivity index (χ0v) is 68.3. The second-order valence-corrected chi connectivity index (χ2v) is 32.6. The van der Waals surface area contributed by atoms with E-state index in [2.05, 4.69) is 255 Å². The first-order valence-electron chi connectivity index (χ1n) is 41.3. The van der Waals surface area contributed by atoms with E-state index >= 15 is 0 Å². The molecule has 11 aromatic rings.